The maximum absolute atomic E-state index is 5.91. The summed E-state index contributed by atoms with van der Waals surface area (Å²) in [5.41, 5.74) is 0. The van der Waals surface area contributed by atoms with Crippen molar-refractivity contribution in [3.05, 3.63) is 0 Å². The topological polar surface area (TPSA) is 45.7 Å². The Bertz CT molecular complexity index is 250. The first kappa shape index (κ1) is 17.3. The smallest absolute Gasteiger partial charge is 0.190 e. The van der Waals surface area contributed by atoms with E-state index in [-0.39, 0.29) is 0 Å². The van der Waals surface area contributed by atoms with Crippen molar-refractivity contribution in [2.45, 2.75) is 70.8 Å². The molecule has 1 aliphatic carbocycles. The highest BCUT2D eigenvalue weighted by atomic mass is 16.5. The molecule has 1 aliphatic rings. The van der Waals surface area contributed by atoms with E-state index in [0.29, 0.717) is 6.10 Å². The highest BCUT2D eigenvalue weighted by molar-refractivity contribution is 5.79. The Kier molecular flexibility index (Phi) is 10.4. The van der Waals surface area contributed by atoms with E-state index in [1.54, 1.807) is 0 Å². The lowest BCUT2D eigenvalue weighted by molar-refractivity contribution is 0.0277. The third-order valence-corrected chi connectivity index (χ3v) is 3.82. The van der Waals surface area contributed by atoms with Crippen molar-refractivity contribution in [1.82, 2.24) is 10.6 Å². The van der Waals surface area contributed by atoms with Crippen molar-refractivity contribution >= 4 is 5.96 Å². The van der Waals surface area contributed by atoms with E-state index in [4.69, 9.17) is 4.74 Å². The number of rotatable bonds is 9. The number of aliphatic imine (C=N–C) groups is 1. The van der Waals surface area contributed by atoms with Crippen LogP contribution >= 0.6 is 0 Å². The second-order valence-electron chi connectivity index (χ2n) is 5.62. The quantitative estimate of drug-likeness (QED) is 0.388. The van der Waals surface area contributed by atoms with Gasteiger partial charge >= 0.3 is 0 Å². The van der Waals surface area contributed by atoms with Gasteiger partial charge in [0.05, 0.1) is 6.10 Å². The third kappa shape index (κ3) is 8.41. The Morgan fingerprint density at radius 1 is 1.05 bits per heavy atom. The van der Waals surface area contributed by atoms with Gasteiger partial charge in [-0.25, -0.2) is 0 Å². The minimum atomic E-state index is 0.523. The average Bonchev–Trinajstić information content (AvgIpc) is 2.50. The molecule has 4 nitrogen and oxygen atoms in total. The highest BCUT2D eigenvalue weighted by Crippen LogP contribution is 2.20. The third-order valence-electron chi connectivity index (χ3n) is 3.82. The van der Waals surface area contributed by atoms with Crippen molar-refractivity contribution in [3.8, 4) is 0 Å². The first-order valence-electron chi connectivity index (χ1n) is 8.43. The van der Waals surface area contributed by atoms with Gasteiger partial charge in [0.1, 0.15) is 0 Å². The lowest BCUT2D eigenvalue weighted by atomic mass is 9.98. The van der Waals surface area contributed by atoms with Gasteiger partial charge in [0.25, 0.3) is 0 Å². The fourth-order valence-electron chi connectivity index (χ4n) is 2.56. The fourth-order valence-corrected chi connectivity index (χ4v) is 2.56. The molecule has 0 aromatic heterocycles. The van der Waals surface area contributed by atoms with Crippen LogP contribution in [0.2, 0.25) is 0 Å². The first-order chi connectivity index (χ1) is 9.86. The average molecular weight is 283 g/mol. The number of ether oxygens (including phenoxy) is 1. The predicted molar refractivity (Wildman–Crippen MR) is 86.3 cm³/mol. The van der Waals surface area contributed by atoms with Crippen LogP contribution in [0.15, 0.2) is 4.99 Å². The Labute approximate surface area is 124 Å². The molecule has 4 heteroatoms. The van der Waals surface area contributed by atoms with E-state index in [9.17, 15) is 0 Å². The molecule has 0 aromatic rings. The van der Waals surface area contributed by atoms with Gasteiger partial charge in [-0.3, -0.25) is 4.99 Å². The van der Waals surface area contributed by atoms with Gasteiger partial charge in [0.15, 0.2) is 5.96 Å². The van der Waals surface area contributed by atoms with Gasteiger partial charge in [-0.15, -0.1) is 0 Å². The van der Waals surface area contributed by atoms with Gasteiger partial charge < -0.3 is 15.4 Å². The van der Waals surface area contributed by atoms with Gasteiger partial charge in [-0.2, -0.15) is 0 Å². The molecule has 1 rings (SSSR count). The molecule has 0 aromatic carbocycles. The summed E-state index contributed by atoms with van der Waals surface area (Å²) in [4.78, 5) is 4.23. The summed E-state index contributed by atoms with van der Waals surface area (Å²) in [5, 5.41) is 6.69. The number of unbranched alkanes of at least 4 members (excludes halogenated alkanes) is 2. The summed E-state index contributed by atoms with van der Waals surface area (Å²) in [6, 6.07) is 0. The van der Waals surface area contributed by atoms with Crippen molar-refractivity contribution < 1.29 is 4.74 Å². The van der Waals surface area contributed by atoms with E-state index in [2.05, 4.69) is 22.5 Å². The SMILES string of the molecule is CCCCCNC(=NC)NCCCOC1CCCCC1. The monoisotopic (exact) mass is 283 g/mol. The summed E-state index contributed by atoms with van der Waals surface area (Å²) in [5.74, 6) is 0.916. The van der Waals surface area contributed by atoms with Crippen LogP contribution in [-0.4, -0.2) is 38.8 Å². The predicted octanol–water partition coefficient (Wildman–Crippen LogP) is 3.08. The molecule has 0 amide bonds. The zero-order valence-corrected chi connectivity index (χ0v) is 13.4. The van der Waals surface area contributed by atoms with E-state index in [1.165, 1.54) is 51.4 Å². The van der Waals surface area contributed by atoms with Crippen molar-refractivity contribution in [3.63, 3.8) is 0 Å². The van der Waals surface area contributed by atoms with Crippen molar-refractivity contribution in [2.75, 3.05) is 26.7 Å². The molecule has 0 bridgehead atoms. The number of hydrogen-bond acceptors (Lipinski definition) is 2. The van der Waals surface area contributed by atoms with Crippen LogP contribution in [0.25, 0.3) is 0 Å². The molecule has 0 unspecified atom stereocenters. The molecule has 1 fully saturated rings. The van der Waals surface area contributed by atoms with Gasteiger partial charge in [-0.1, -0.05) is 39.0 Å². The van der Waals surface area contributed by atoms with Gasteiger partial charge in [-0.05, 0) is 25.7 Å². The molecule has 0 radical (unpaired) electrons. The minimum absolute atomic E-state index is 0.523. The maximum atomic E-state index is 5.91. The number of guanidine groups is 1. The van der Waals surface area contributed by atoms with Crippen LogP contribution in [0.1, 0.15) is 64.7 Å². The molecule has 0 atom stereocenters. The second kappa shape index (κ2) is 12.0. The highest BCUT2D eigenvalue weighted by Gasteiger charge is 2.12. The van der Waals surface area contributed by atoms with Crippen LogP contribution in [0, 0.1) is 0 Å². The Morgan fingerprint density at radius 3 is 2.40 bits per heavy atom. The van der Waals surface area contributed by atoms with E-state index in [0.717, 1.165) is 32.1 Å². The van der Waals surface area contributed by atoms with E-state index in [1.807, 2.05) is 7.05 Å². The maximum Gasteiger partial charge on any atom is 0.190 e. The van der Waals surface area contributed by atoms with Gasteiger partial charge in [0, 0.05) is 26.7 Å². The summed E-state index contributed by atoms with van der Waals surface area (Å²) in [7, 11) is 1.83. The molecule has 2 N–H and O–H groups in total. The summed E-state index contributed by atoms with van der Waals surface area (Å²) in [6.07, 6.45) is 11.9. The molecule has 0 aliphatic heterocycles. The largest absolute Gasteiger partial charge is 0.378 e. The van der Waals surface area contributed by atoms with Crippen LogP contribution in [-0.2, 0) is 4.74 Å². The second-order valence-corrected chi connectivity index (χ2v) is 5.62. The van der Waals surface area contributed by atoms with Crippen LogP contribution in [0.3, 0.4) is 0 Å². The lowest BCUT2D eigenvalue weighted by Gasteiger charge is -2.22. The van der Waals surface area contributed by atoms with Crippen molar-refractivity contribution in [1.29, 1.82) is 0 Å². The molecule has 20 heavy (non-hydrogen) atoms. The van der Waals surface area contributed by atoms with E-state index >= 15 is 0 Å². The van der Waals surface area contributed by atoms with Crippen molar-refractivity contribution in [2.24, 2.45) is 4.99 Å². The zero-order valence-electron chi connectivity index (χ0n) is 13.4. The standard InChI is InChI=1S/C16H33N3O/c1-3-4-8-12-18-16(17-2)19-13-9-14-20-15-10-6-5-7-11-15/h15H,3-14H2,1-2H3,(H2,17,18,19). The van der Waals surface area contributed by atoms with E-state index < -0.39 is 0 Å². The minimum Gasteiger partial charge on any atom is -0.378 e. The number of nitrogens with zero attached hydrogens (tertiary/aromatic N) is 1. The normalized spacial score (nSPS) is 17.2. The van der Waals surface area contributed by atoms with Crippen LogP contribution < -0.4 is 10.6 Å². The fraction of sp³-hybridized carbons (Fsp3) is 0.938. The summed E-state index contributed by atoms with van der Waals surface area (Å²) < 4.78 is 5.91. The molecule has 0 saturated heterocycles. The first-order valence-corrected chi connectivity index (χ1v) is 8.43. The molecule has 1 saturated carbocycles. The molecule has 118 valence electrons. The molecular formula is C16H33N3O. The number of hydrogen-bond donors (Lipinski definition) is 2. The molecular weight excluding hydrogens is 250 g/mol. The lowest BCUT2D eigenvalue weighted by Crippen LogP contribution is -2.38. The van der Waals surface area contributed by atoms with Crippen LogP contribution in [0.5, 0.6) is 0 Å². The Hall–Kier alpha value is -0.770. The van der Waals surface area contributed by atoms with Crippen LogP contribution in [0.4, 0.5) is 0 Å². The Balaban J connectivity index is 1.95. The zero-order chi connectivity index (χ0) is 14.5. The number of nitrogens with one attached hydrogen (secondary N) is 2. The summed E-state index contributed by atoms with van der Waals surface area (Å²) >= 11 is 0. The van der Waals surface area contributed by atoms with Gasteiger partial charge in [0.2, 0.25) is 0 Å². The molecule has 0 spiro atoms. The Morgan fingerprint density at radius 2 is 1.75 bits per heavy atom. The molecule has 0 heterocycles. The summed E-state index contributed by atoms with van der Waals surface area (Å²) in [6.45, 7) is 5.02.